The van der Waals surface area contributed by atoms with E-state index in [1.165, 1.54) is 83.6 Å². The Morgan fingerprint density at radius 2 is 1.05 bits per heavy atom. The van der Waals surface area contributed by atoms with Crippen LogP contribution < -0.4 is 8.85 Å². The second-order valence-electron chi connectivity index (χ2n) is 10.9. The predicted molar refractivity (Wildman–Crippen MR) is 166 cm³/mol. The van der Waals surface area contributed by atoms with E-state index in [9.17, 15) is 0 Å². The van der Waals surface area contributed by atoms with Crippen LogP contribution in [0.25, 0.3) is 21.5 Å². The molecule has 37 heavy (non-hydrogen) atoms. The van der Waals surface area contributed by atoms with Gasteiger partial charge in [0.1, 0.15) is 0 Å². The van der Waals surface area contributed by atoms with Crippen LogP contribution in [0.2, 0.25) is 38.3 Å². The molecule has 0 saturated heterocycles. The maximum absolute atomic E-state index is 6.23. The second kappa shape index (κ2) is 15.8. The van der Waals surface area contributed by atoms with Crippen LogP contribution >= 0.6 is 0 Å². The van der Waals surface area contributed by atoms with Gasteiger partial charge in [-0.25, -0.2) is 0 Å². The van der Waals surface area contributed by atoms with E-state index in [1.54, 1.807) is 0 Å². The van der Waals surface area contributed by atoms with Crippen molar-refractivity contribution in [3.63, 3.8) is 0 Å². The molecule has 4 rings (SSSR count). The maximum atomic E-state index is 6.23. The summed E-state index contributed by atoms with van der Waals surface area (Å²) in [6.07, 6.45) is 5.06. The van der Waals surface area contributed by atoms with Gasteiger partial charge in [0.15, 0.2) is 0 Å². The third-order valence-corrected chi connectivity index (χ3v) is 10.9. The Kier molecular flexibility index (Phi) is 13.5. The van der Waals surface area contributed by atoms with E-state index in [1.807, 2.05) is 6.92 Å². The molecule has 4 aromatic carbocycles. The zero-order chi connectivity index (χ0) is 27.3. The molecule has 0 aromatic heterocycles. The third kappa shape index (κ3) is 11.4. The SMILES string of the molecule is CCCC[Si](C)(C)Oc1cc2ccccc2[cH-]1.CCCC[Si](C)(C)Oc1cc2ccccc2[cH-]1.C[CH]=[Zr+2]. The number of unbranched alkanes of at least 4 members (excludes halogenated alkanes) is 2. The van der Waals surface area contributed by atoms with Crippen molar-refractivity contribution in [3.8, 4) is 11.5 Å². The standard InChI is InChI=1S/2C15H21OSi.C2H4.Zr/c2*1-4-5-10-17(2,3)16-15-11-13-8-6-7-9-14(13)12-15;1-2;/h2*6-9,11-12H,4-5,10H2,1-3H3;1H,2H3;/q2*-1;;+2. The van der Waals surface area contributed by atoms with Crippen molar-refractivity contribution in [2.45, 2.75) is 84.7 Å². The van der Waals surface area contributed by atoms with E-state index < -0.39 is 16.6 Å². The van der Waals surface area contributed by atoms with Crippen LogP contribution in [0, 0.1) is 0 Å². The fourth-order valence-corrected chi connectivity index (χ4v) is 8.43. The molecule has 0 spiro atoms. The molecule has 4 aromatic rings. The zero-order valence-corrected chi connectivity index (χ0v) is 28.5. The number of hydrogen-bond acceptors (Lipinski definition) is 2. The van der Waals surface area contributed by atoms with Gasteiger partial charge in [0.2, 0.25) is 16.6 Å². The Labute approximate surface area is 242 Å². The van der Waals surface area contributed by atoms with E-state index in [0.29, 0.717) is 0 Å². The summed E-state index contributed by atoms with van der Waals surface area (Å²) >= 11 is 1.51. The zero-order valence-electron chi connectivity index (χ0n) is 24.1. The predicted octanol–water partition coefficient (Wildman–Crippen LogP) is 10.2. The van der Waals surface area contributed by atoms with Crippen LogP contribution in [-0.2, 0) is 24.2 Å². The Morgan fingerprint density at radius 1 is 0.703 bits per heavy atom. The van der Waals surface area contributed by atoms with E-state index in [0.717, 1.165) is 11.5 Å². The van der Waals surface area contributed by atoms with Crippen molar-refractivity contribution in [1.82, 2.24) is 0 Å². The molecule has 0 atom stereocenters. The van der Waals surface area contributed by atoms with Crippen LogP contribution in [0.5, 0.6) is 11.5 Å². The number of fused-ring (bicyclic) bond motifs is 2. The molecule has 0 heterocycles. The minimum atomic E-state index is -1.53. The first-order valence-electron chi connectivity index (χ1n) is 13.8. The van der Waals surface area contributed by atoms with Crippen molar-refractivity contribution in [3.05, 3.63) is 72.8 Å². The first kappa shape index (κ1) is 31.7. The minimum absolute atomic E-state index is 1.05. The van der Waals surface area contributed by atoms with Crippen molar-refractivity contribution < 1.29 is 33.1 Å². The summed E-state index contributed by atoms with van der Waals surface area (Å²) in [4.78, 5) is 0. The topological polar surface area (TPSA) is 18.5 Å². The molecule has 0 fully saturated rings. The molecule has 0 aliphatic heterocycles. The molecule has 0 unspecified atom stereocenters. The van der Waals surface area contributed by atoms with Gasteiger partial charge in [0.25, 0.3) is 0 Å². The molecular weight excluding hydrogens is 564 g/mol. The Bertz CT molecular complexity index is 1050. The van der Waals surface area contributed by atoms with Gasteiger partial charge in [-0.15, -0.1) is 82.2 Å². The molecule has 0 saturated carbocycles. The van der Waals surface area contributed by atoms with Crippen LogP contribution in [-0.4, -0.2) is 20.3 Å². The number of hydrogen-bond donors (Lipinski definition) is 0. The van der Waals surface area contributed by atoms with Crippen molar-refractivity contribution in [2.24, 2.45) is 0 Å². The van der Waals surface area contributed by atoms with Crippen LogP contribution in [0.1, 0.15) is 46.5 Å². The molecule has 0 aliphatic rings. The molecule has 0 aliphatic carbocycles. The van der Waals surface area contributed by atoms with Gasteiger partial charge in [-0.05, 0) is 38.3 Å². The number of rotatable bonds is 10. The summed E-state index contributed by atoms with van der Waals surface area (Å²) in [5, 5.41) is 5.12. The Morgan fingerprint density at radius 3 is 1.38 bits per heavy atom. The summed E-state index contributed by atoms with van der Waals surface area (Å²) in [6, 6.07) is 28.0. The van der Waals surface area contributed by atoms with E-state index in [-0.39, 0.29) is 0 Å². The van der Waals surface area contributed by atoms with E-state index >= 15 is 0 Å². The van der Waals surface area contributed by atoms with Crippen LogP contribution in [0.3, 0.4) is 0 Å². The fourth-order valence-electron chi connectivity index (χ4n) is 4.31. The van der Waals surface area contributed by atoms with Crippen molar-refractivity contribution in [1.29, 1.82) is 0 Å². The van der Waals surface area contributed by atoms with Gasteiger partial charge in [-0.3, -0.25) is 0 Å². The van der Waals surface area contributed by atoms with Gasteiger partial charge in [0.05, 0.1) is 0 Å². The molecular formula is C32H46O2Si2Zr. The van der Waals surface area contributed by atoms with Gasteiger partial charge >= 0.3 is 34.9 Å². The Balaban J connectivity index is 0.000000235. The van der Waals surface area contributed by atoms with E-state index in [2.05, 4.69) is 117 Å². The summed E-state index contributed by atoms with van der Waals surface area (Å²) in [5.41, 5.74) is 0. The van der Waals surface area contributed by atoms with Gasteiger partial charge in [-0.1, -0.05) is 51.7 Å². The fraction of sp³-hybridized carbons (Fsp3) is 0.406. The van der Waals surface area contributed by atoms with Gasteiger partial charge in [0, 0.05) is 11.5 Å². The second-order valence-corrected chi connectivity index (χ2v) is 20.7. The monoisotopic (exact) mass is 608 g/mol. The molecule has 0 radical (unpaired) electrons. The van der Waals surface area contributed by atoms with E-state index in [4.69, 9.17) is 8.85 Å². The quantitative estimate of drug-likeness (QED) is 0.132. The molecule has 2 nitrogen and oxygen atoms in total. The van der Waals surface area contributed by atoms with Crippen LogP contribution in [0.15, 0.2) is 72.8 Å². The first-order chi connectivity index (χ1) is 17.6. The average Bonchev–Trinajstić information content (AvgIpc) is 3.44. The van der Waals surface area contributed by atoms with Gasteiger partial charge in [-0.2, -0.15) is 0 Å². The first-order valence-corrected chi connectivity index (χ1v) is 21.4. The summed E-state index contributed by atoms with van der Waals surface area (Å²) < 4.78 is 14.5. The van der Waals surface area contributed by atoms with Crippen molar-refractivity contribution >= 4 is 41.9 Å². The third-order valence-electron chi connectivity index (χ3n) is 6.24. The van der Waals surface area contributed by atoms with Crippen molar-refractivity contribution in [2.75, 3.05) is 0 Å². The Hall–Kier alpha value is -1.55. The summed E-state index contributed by atoms with van der Waals surface area (Å²) in [6.45, 7) is 15.7. The molecule has 0 bridgehead atoms. The molecule has 5 heteroatoms. The summed E-state index contributed by atoms with van der Waals surface area (Å²) in [7, 11) is -3.06. The molecule has 198 valence electrons. The van der Waals surface area contributed by atoms with Crippen LogP contribution in [0.4, 0.5) is 0 Å². The number of benzene rings is 2. The molecule has 0 N–H and O–H groups in total. The van der Waals surface area contributed by atoms with Gasteiger partial charge < -0.3 is 8.85 Å². The normalized spacial score (nSPS) is 11.4. The summed E-state index contributed by atoms with van der Waals surface area (Å²) in [5.74, 6) is 2.11. The molecule has 0 amide bonds. The average molecular weight is 610 g/mol.